The quantitative estimate of drug-likeness (QED) is 0.176. The highest BCUT2D eigenvalue weighted by Gasteiger charge is 2.32. The summed E-state index contributed by atoms with van der Waals surface area (Å²) in [5, 5.41) is 11.3. The lowest BCUT2D eigenvalue weighted by Crippen LogP contribution is -2.39. The van der Waals surface area contributed by atoms with Crippen LogP contribution >= 0.6 is 43.2 Å². The number of rotatable bonds is 4. The van der Waals surface area contributed by atoms with Crippen molar-refractivity contribution in [3.05, 3.63) is 145 Å². The van der Waals surface area contributed by atoms with E-state index in [2.05, 4.69) is 62.2 Å². The van der Waals surface area contributed by atoms with Crippen molar-refractivity contribution in [2.24, 2.45) is 4.99 Å². The minimum atomic E-state index is -0.431. The zero-order chi connectivity index (χ0) is 27.1. The van der Waals surface area contributed by atoms with Crippen LogP contribution in [0.3, 0.4) is 0 Å². The Labute approximate surface area is 244 Å². The molecule has 9 heteroatoms. The lowest BCUT2D eigenvalue weighted by atomic mass is 9.84. The molecule has 39 heavy (non-hydrogen) atoms. The van der Waals surface area contributed by atoms with Crippen LogP contribution in [0.2, 0.25) is 0 Å². The van der Waals surface area contributed by atoms with Gasteiger partial charge in [0.05, 0.1) is 21.2 Å². The number of nitrogens with zero attached hydrogens (tertiary/aromatic N) is 3. The highest BCUT2D eigenvalue weighted by Crippen LogP contribution is 2.41. The number of fused-ring (bicyclic) bond motifs is 1. The lowest BCUT2D eigenvalue weighted by Gasteiger charge is -2.31. The monoisotopic (exact) mass is 661 g/mol. The van der Waals surface area contributed by atoms with Gasteiger partial charge in [-0.25, -0.2) is 4.99 Å². The maximum Gasteiger partial charge on any atom is 0.271 e. The Bertz CT molecular complexity index is 1850. The second kappa shape index (κ2) is 10.6. The Morgan fingerprint density at radius 1 is 0.949 bits per heavy atom. The number of allylic oxidation sites excluding steroid dienone is 2. The highest BCUT2D eigenvalue weighted by molar-refractivity contribution is 9.10. The number of benzene rings is 3. The largest absolute Gasteiger partial charge is 0.272 e. The molecule has 0 amide bonds. The van der Waals surface area contributed by atoms with Crippen molar-refractivity contribution in [3.8, 4) is 0 Å². The average molecular weight is 663 g/mol. The minimum Gasteiger partial charge on any atom is -0.272 e. The maximum atomic E-state index is 13.9. The molecule has 1 aliphatic carbocycles. The molecule has 0 saturated heterocycles. The van der Waals surface area contributed by atoms with Crippen LogP contribution in [0.5, 0.6) is 0 Å². The third kappa shape index (κ3) is 5.14. The van der Waals surface area contributed by atoms with E-state index in [1.807, 2.05) is 24.3 Å². The van der Waals surface area contributed by atoms with Gasteiger partial charge in [-0.15, -0.1) is 0 Å². The summed E-state index contributed by atoms with van der Waals surface area (Å²) in [4.78, 5) is 30.4. The minimum absolute atomic E-state index is 0.0116. The van der Waals surface area contributed by atoms with Crippen LogP contribution in [0.15, 0.2) is 108 Å². The summed E-state index contributed by atoms with van der Waals surface area (Å²) in [5.41, 5.74) is 5.84. The Morgan fingerprint density at radius 3 is 2.38 bits per heavy atom. The predicted octanol–water partition coefficient (Wildman–Crippen LogP) is 6.92. The molecule has 6 nitrogen and oxygen atoms in total. The van der Waals surface area contributed by atoms with Gasteiger partial charge in [-0.3, -0.25) is 19.5 Å². The number of thiazole rings is 1. The zero-order valence-electron chi connectivity index (χ0n) is 20.5. The fourth-order valence-corrected chi connectivity index (χ4v) is 6.67. The van der Waals surface area contributed by atoms with Crippen LogP contribution in [0.4, 0.5) is 5.69 Å². The van der Waals surface area contributed by atoms with E-state index < -0.39 is 4.92 Å². The van der Waals surface area contributed by atoms with Crippen LogP contribution < -0.4 is 14.9 Å². The Balaban J connectivity index is 1.56. The fourth-order valence-electron chi connectivity index (χ4n) is 5.14. The lowest BCUT2D eigenvalue weighted by molar-refractivity contribution is -0.384. The van der Waals surface area contributed by atoms with Crippen LogP contribution in [0.1, 0.15) is 42.0 Å². The molecular weight excluding hydrogens is 642 g/mol. The van der Waals surface area contributed by atoms with Gasteiger partial charge >= 0.3 is 0 Å². The van der Waals surface area contributed by atoms with Crippen molar-refractivity contribution in [3.63, 3.8) is 0 Å². The summed E-state index contributed by atoms with van der Waals surface area (Å²) >= 11 is 8.36. The molecule has 2 aliphatic rings. The van der Waals surface area contributed by atoms with Gasteiger partial charge in [-0.2, -0.15) is 0 Å². The van der Waals surface area contributed by atoms with Crippen LogP contribution in [0, 0.1) is 10.1 Å². The number of hydrogen-bond donors (Lipinski definition) is 0. The number of halogens is 2. The molecular formula is C30H21Br2N3O3S. The highest BCUT2D eigenvalue weighted by atomic mass is 79.9. The molecule has 0 radical (unpaired) electrons. The second-order valence-corrected chi connectivity index (χ2v) is 12.3. The topological polar surface area (TPSA) is 77.5 Å². The van der Waals surface area contributed by atoms with Crippen molar-refractivity contribution in [1.82, 2.24) is 4.57 Å². The van der Waals surface area contributed by atoms with Gasteiger partial charge in [-0.05, 0) is 83.5 Å². The van der Waals surface area contributed by atoms with Crippen molar-refractivity contribution in [2.75, 3.05) is 0 Å². The van der Waals surface area contributed by atoms with Gasteiger partial charge in [-0.1, -0.05) is 79.6 Å². The van der Waals surface area contributed by atoms with E-state index in [9.17, 15) is 14.9 Å². The average Bonchev–Trinajstić information content (AvgIpc) is 3.24. The normalized spacial score (nSPS) is 18.1. The number of hydrogen-bond acceptors (Lipinski definition) is 5. The molecule has 0 saturated carbocycles. The summed E-state index contributed by atoms with van der Waals surface area (Å²) in [6.45, 7) is 0. The van der Waals surface area contributed by atoms with E-state index in [1.54, 1.807) is 22.8 Å². The molecule has 0 N–H and O–H groups in total. The SMILES string of the molecule is O=c1/c(=C/c2cccc([N+](=O)[O-])c2)sc2n1C(c1ccc(Br)cc1)C1=C(N=2)/C(=C/c2ccc(Br)cc2)CCC1. The van der Waals surface area contributed by atoms with Crippen molar-refractivity contribution >= 4 is 61.0 Å². The summed E-state index contributed by atoms with van der Waals surface area (Å²) in [5.74, 6) is 0. The number of non-ortho nitro benzene ring substituents is 1. The Kier molecular flexibility index (Phi) is 7.05. The first-order valence-electron chi connectivity index (χ1n) is 12.4. The maximum absolute atomic E-state index is 13.9. The van der Waals surface area contributed by atoms with E-state index in [4.69, 9.17) is 4.99 Å². The first-order chi connectivity index (χ1) is 18.9. The Hall–Kier alpha value is -3.40. The van der Waals surface area contributed by atoms with E-state index >= 15 is 0 Å². The molecule has 4 aromatic rings. The van der Waals surface area contributed by atoms with Crippen LogP contribution in [-0.4, -0.2) is 9.49 Å². The van der Waals surface area contributed by atoms with Gasteiger partial charge in [0.15, 0.2) is 4.80 Å². The van der Waals surface area contributed by atoms with Gasteiger partial charge < -0.3 is 0 Å². The van der Waals surface area contributed by atoms with E-state index in [1.165, 1.54) is 23.5 Å². The molecule has 0 spiro atoms. The molecule has 3 aromatic carbocycles. The first kappa shape index (κ1) is 25.9. The second-order valence-electron chi connectivity index (χ2n) is 9.43. The molecule has 1 unspecified atom stereocenters. The van der Waals surface area contributed by atoms with E-state index in [-0.39, 0.29) is 17.3 Å². The first-order valence-corrected chi connectivity index (χ1v) is 14.8. The third-order valence-corrected chi connectivity index (χ3v) is 8.95. The van der Waals surface area contributed by atoms with Crippen molar-refractivity contribution in [2.45, 2.75) is 25.3 Å². The van der Waals surface area contributed by atoms with E-state index in [0.717, 1.165) is 56.2 Å². The molecule has 6 rings (SSSR count). The summed E-state index contributed by atoms with van der Waals surface area (Å²) in [6.07, 6.45) is 6.65. The summed E-state index contributed by atoms with van der Waals surface area (Å²) in [7, 11) is 0. The van der Waals surface area contributed by atoms with Crippen LogP contribution in [0.25, 0.3) is 12.2 Å². The number of aromatic nitrogens is 1. The van der Waals surface area contributed by atoms with E-state index in [0.29, 0.717) is 14.9 Å². The van der Waals surface area contributed by atoms with Crippen LogP contribution in [-0.2, 0) is 0 Å². The van der Waals surface area contributed by atoms with Crippen molar-refractivity contribution < 1.29 is 4.92 Å². The molecule has 2 heterocycles. The zero-order valence-corrected chi connectivity index (χ0v) is 24.5. The van der Waals surface area contributed by atoms with Gasteiger partial charge in [0, 0.05) is 21.1 Å². The molecule has 1 aromatic heterocycles. The van der Waals surface area contributed by atoms with Gasteiger partial charge in [0.1, 0.15) is 0 Å². The summed E-state index contributed by atoms with van der Waals surface area (Å²) in [6, 6.07) is 22.4. The fraction of sp³-hybridized carbons (Fsp3) is 0.133. The third-order valence-electron chi connectivity index (χ3n) is 6.91. The smallest absolute Gasteiger partial charge is 0.271 e. The molecule has 1 atom stereocenters. The van der Waals surface area contributed by atoms with Crippen molar-refractivity contribution in [1.29, 1.82) is 0 Å². The van der Waals surface area contributed by atoms with Gasteiger partial charge in [0.2, 0.25) is 0 Å². The summed E-state index contributed by atoms with van der Waals surface area (Å²) < 4.78 is 4.28. The molecule has 1 aliphatic heterocycles. The standard InChI is InChI=1S/C30H21Br2N3O3S/c31-22-11-7-18(8-12-22)15-21-4-2-6-25-27(21)33-30-34(28(25)20-9-13-23(32)14-10-20)29(36)26(39-30)17-19-3-1-5-24(16-19)35(37)38/h1,3,5,7-17,28H,2,4,6H2/b21-15+,26-17-. The molecule has 194 valence electrons. The van der Waals surface area contributed by atoms with Gasteiger partial charge in [0.25, 0.3) is 11.2 Å². The number of nitro benzene ring substituents is 1. The molecule has 0 bridgehead atoms. The number of nitro groups is 1. The predicted molar refractivity (Wildman–Crippen MR) is 161 cm³/mol. The molecule has 0 fully saturated rings. The Morgan fingerprint density at radius 2 is 1.67 bits per heavy atom.